The van der Waals surface area contributed by atoms with E-state index in [1.165, 1.54) is 5.56 Å². The molecule has 0 saturated heterocycles. The highest BCUT2D eigenvalue weighted by molar-refractivity contribution is 5.92. The van der Waals surface area contributed by atoms with E-state index in [-0.39, 0.29) is 5.91 Å². The fraction of sp³-hybridized carbons (Fsp3) is 0.261. The van der Waals surface area contributed by atoms with Gasteiger partial charge >= 0.3 is 0 Å². The first-order chi connectivity index (χ1) is 13.9. The average molecular weight is 390 g/mol. The first-order valence-corrected chi connectivity index (χ1v) is 9.55. The van der Waals surface area contributed by atoms with Crippen molar-refractivity contribution in [3.8, 4) is 5.75 Å². The summed E-state index contributed by atoms with van der Waals surface area (Å²) in [6.45, 7) is 6.45. The molecule has 0 unspecified atom stereocenters. The zero-order valence-electron chi connectivity index (χ0n) is 17.2. The molecule has 29 heavy (non-hydrogen) atoms. The lowest BCUT2D eigenvalue weighted by molar-refractivity contribution is 0.0949. The predicted molar refractivity (Wildman–Crippen MR) is 115 cm³/mol. The number of ether oxygens (including phenoxy) is 1. The SMILES string of the molecule is COc1ccc(CCNC(=O)c2cc(C)nc(Nc3ccc(C)cc3C)n2)cc1. The lowest BCUT2D eigenvalue weighted by Crippen LogP contribution is -2.27. The van der Waals surface area contributed by atoms with E-state index in [9.17, 15) is 4.79 Å². The van der Waals surface area contributed by atoms with Crippen LogP contribution < -0.4 is 15.4 Å². The van der Waals surface area contributed by atoms with Gasteiger partial charge in [-0.3, -0.25) is 4.79 Å². The second-order valence-electron chi connectivity index (χ2n) is 7.02. The van der Waals surface area contributed by atoms with Crippen LogP contribution >= 0.6 is 0 Å². The number of carbonyl (C=O) groups is 1. The molecule has 3 aromatic rings. The minimum absolute atomic E-state index is 0.215. The van der Waals surface area contributed by atoms with E-state index in [1.807, 2.05) is 57.2 Å². The van der Waals surface area contributed by atoms with Crippen LogP contribution in [-0.4, -0.2) is 29.5 Å². The summed E-state index contributed by atoms with van der Waals surface area (Å²) in [5.74, 6) is 1.02. The van der Waals surface area contributed by atoms with Crippen LogP contribution in [0.15, 0.2) is 48.5 Å². The topological polar surface area (TPSA) is 76.1 Å². The summed E-state index contributed by atoms with van der Waals surface area (Å²) in [5, 5.41) is 6.14. The molecule has 150 valence electrons. The quantitative estimate of drug-likeness (QED) is 0.634. The van der Waals surface area contributed by atoms with Crippen LogP contribution in [-0.2, 0) is 6.42 Å². The van der Waals surface area contributed by atoms with Crippen molar-refractivity contribution in [1.82, 2.24) is 15.3 Å². The fourth-order valence-electron chi connectivity index (χ4n) is 3.02. The van der Waals surface area contributed by atoms with E-state index in [0.29, 0.717) is 18.2 Å². The van der Waals surface area contributed by atoms with Gasteiger partial charge in [-0.1, -0.05) is 29.8 Å². The fourth-order valence-corrected chi connectivity index (χ4v) is 3.02. The predicted octanol–water partition coefficient (Wildman–Crippen LogP) is 4.13. The molecule has 2 N–H and O–H groups in total. The normalized spacial score (nSPS) is 10.5. The molecule has 0 fully saturated rings. The summed E-state index contributed by atoms with van der Waals surface area (Å²) in [5.41, 5.74) is 5.41. The Morgan fingerprint density at radius 3 is 2.45 bits per heavy atom. The van der Waals surface area contributed by atoms with Crippen LogP contribution in [0.1, 0.15) is 32.9 Å². The van der Waals surface area contributed by atoms with Gasteiger partial charge in [0, 0.05) is 17.9 Å². The molecule has 0 aliphatic carbocycles. The third-order valence-electron chi connectivity index (χ3n) is 4.57. The maximum atomic E-state index is 12.6. The zero-order valence-corrected chi connectivity index (χ0v) is 17.2. The molecule has 0 atom stereocenters. The number of aromatic nitrogens is 2. The first-order valence-electron chi connectivity index (χ1n) is 9.55. The minimum atomic E-state index is -0.215. The van der Waals surface area contributed by atoms with Gasteiger partial charge in [0.05, 0.1) is 7.11 Å². The van der Waals surface area contributed by atoms with Gasteiger partial charge in [0.15, 0.2) is 0 Å². The number of benzene rings is 2. The standard InChI is InChI=1S/C23H26N4O2/c1-15-5-10-20(16(2)13-15)26-23-25-17(3)14-21(27-23)22(28)24-12-11-18-6-8-19(29-4)9-7-18/h5-10,13-14H,11-12H2,1-4H3,(H,24,28)(H,25,26,27). The van der Waals surface area contributed by atoms with Crippen molar-refractivity contribution in [3.63, 3.8) is 0 Å². The Hall–Kier alpha value is -3.41. The van der Waals surface area contributed by atoms with Crippen molar-refractivity contribution >= 4 is 17.5 Å². The molecule has 1 aromatic heterocycles. The Kier molecular flexibility index (Phi) is 6.44. The number of nitrogens with zero attached hydrogens (tertiary/aromatic N) is 2. The van der Waals surface area contributed by atoms with E-state index in [1.54, 1.807) is 13.2 Å². The van der Waals surface area contributed by atoms with Crippen molar-refractivity contribution in [1.29, 1.82) is 0 Å². The second-order valence-corrected chi connectivity index (χ2v) is 7.02. The number of amides is 1. The highest BCUT2D eigenvalue weighted by atomic mass is 16.5. The molecule has 0 spiro atoms. The molecule has 6 nitrogen and oxygen atoms in total. The minimum Gasteiger partial charge on any atom is -0.497 e. The van der Waals surface area contributed by atoms with E-state index in [2.05, 4.69) is 26.7 Å². The van der Waals surface area contributed by atoms with Gasteiger partial charge in [0.2, 0.25) is 5.95 Å². The molecule has 1 heterocycles. The van der Waals surface area contributed by atoms with Crippen molar-refractivity contribution < 1.29 is 9.53 Å². The Balaban J connectivity index is 1.64. The average Bonchev–Trinajstić information content (AvgIpc) is 2.70. The van der Waals surface area contributed by atoms with Gasteiger partial charge in [0.25, 0.3) is 5.91 Å². The number of hydrogen-bond donors (Lipinski definition) is 2. The maximum absolute atomic E-state index is 12.6. The third kappa shape index (κ3) is 5.54. The van der Waals surface area contributed by atoms with Crippen LogP contribution in [0.25, 0.3) is 0 Å². The Morgan fingerprint density at radius 2 is 1.76 bits per heavy atom. The van der Waals surface area contributed by atoms with Crippen LogP contribution in [0.4, 0.5) is 11.6 Å². The van der Waals surface area contributed by atoms with Crippen molar-refractivity contribution in [2.45, 2.75) is 27.2 Å². The number of hydrogen-bond acceptors (Lipinski definition) is 5. The molecule has 0 aliphatic rings. The molecular formula is C23H26N4O2. The van der Waals surface area contributed by atoms with Crippen LogP contribution in [0.2, 0.25) is 0 Å². The van der Waals surface area contributed by atoms with Gasteiger partial charge in [0.1, 0.15) is 11.4 Å². The van der Waals surface area contributed by atoms with Crippen LogP contribution in [0, 0.1) is 20.8 Å². The van der Waals surface area contributed by atoms with Crippen LogP contribution in [0.3, 0.4) is 0 Å². The lowest BCUT2D eigenvalue weighted by Gasteiger charge is -2.11. The molecule has 0 radical (unpaired) electrons. The Labute approximate surface area is 171 Å². The zero-order chi connectivity index (χ0) is 20.8. The smallest absolute Gasteiger partial charge is 0.270 e. The summed E-state index contributed by atoms with van der Waals surface area (Å²) < 4.78 is 5.16. The third-order valence-corrected chi connectivity index (χ3v) is 4.57. The van der Waals surface area contributed by atoms with Gasteiger partial charge in [-0.15, -0.1) is 0 Å². The van der Waals surface area contributed by atoms with E-state index >= 15 is 0 Å². The van der Waals surface area contributed by atoms with E-state index < -0.39 is 0 Å². The van der Waals surface area contributed by atoms with Crippen molar-refractivity contribution in [3.05, 3.63) is 76.6 Å². The summed E-state index contributed by atoms with van der Waals surface area (Å²) >= 11 is 0. The van der Waals surface area contributed by atoms with Crippen LogP contribution in [0.5, 0.6) is 5.75 Å². The summed E-state index contributed by atoms with van der Waals surface area (Å²) in [6, 6.07) is 15.6. The molecule has 1 amide bonds. The largest absolute Gasteiger partial charge is 0.497 e. The van der Waals surface area contributed by atoms with Gasteiger partial charge in [-0.25, -0.2) is 9.97 Å². The number of carbonyl (C=O) groups excluding carboxylic acids is 1. The number of anilines is 2. The number of rotatable bonds is 7. The maximum Gasteiger partial charge on any atom is 0.270 e. The van der Waals surface area contributed by atoms with E-state index in [0.717, 1.165) is 34.7 Å². The second kappa shape index (κ2) is 9.19. The highest BCUT2D eigenvalue weighted by Crippen LogP contribution is 2.20. The molecule has 6 heteroatoms. The molecule has 0 saturated carbocycles. The summed E-state index contributed by atoms with van der Waals surface area (Å²) in [6.07, 6.45) is 0.730. The van der Waals surface area contributed by atoms with Gasteiger partial charge in [-0.2, -0.15) is 0 Å². The first kappa shape index (κ1) is 20.3. The van der Waals surface area contributed by atoms with Crippen molar-refractivity contribution in [2.24, 2.45) is 0 Å². The molecule has 0 aliphatic heterocycles. The summed E-state index contributed by atoms with van der Waals surface area (Å²) in [7, 11) is 1.64. The summed E-state index contributed by atoms with van der Waals surface area (Å²) in [4.78, 5) is 21.3. The van der Waals surface area contributed by atoms with Gasteiger partial charge in [-0.05, 0) is 62.6 Å². The number of methoxy groups -OCH3 is 1. The van der Waals surface area contributed by atoms with E-state index in [4.69, 9.17) is 4.74 Å². The Morgan fingerprint density at radius 1 is 1.00 bits per heavy atom. The molecular weight excluding hydrogens is 364 g/mol. The monoisotopic (exact) mass is 390 g/mol. The number of nitrogens with one attached hydrogen (secondary N) is 2. The highest BCUT2D eigenvalue weighted by Gasteiger charge is 2.11. The van der Waals surface area contributed by atoms with Crippen molar-refractivity contribution in [2.75, 3.05) is 19.0 Å². The Bertz CT molecular complexity index is 1000. The molecule has 0 bridgehead atoms. The molecule has 3 rings (SSSR count). The molecule has 2 aromatic carbocycles. The van der Waals surface area contributed by atoms with Gasteiger partial charge < -0.3 is 15.4 Å². The lowest BCUT2D eigenvalue weighted by atomic mass is 10.1. The number of aryl methyl sites for hydroxylation is 3.